The Morgan fingerprint density at radius 3 is 2.41 bits per heavy atom. The van der Waals surface area contributed by atoms with E-state index >= 15 is 0 Å². The van der Waals surface area contributed by atoms with Gasteiger partial charge in [0.15, 0.2) is 11.5 Å². The van der Waals surface area contributed by atoms with Crippen molar-refractivity contribution in [1.29, 1.82) is 0 Å². The van der Waals surface area contributed by atoms with Crippen LogP contribution in [0.3, 0.4) is 0 Å². The summed E-state index contributed by atoms with van der Waals surface area (Å²) in [4.78, 5) is 12.5. The van der Waals surface area contributed by atoms with Crippen LogP contribution in [0, 0.1) is 12.8 Å². The molecular formula is C25H36N2O6S. The van der Waals surface area contributed by atoms with E-state index in [0.717, 1.165) is 16.9 Å². The summed E-state index contributed by atoms with van der Waals surface area (Å²) in [5.74, 6) is 1.41. The van der Waals surface area contributed by atoms with Gasteiger partial charge < -0.3 is 19.5 Å². The van der Waals surface area contributed by atoms with Crippen molar-refractivity contribution in [1.82, 2.24) is 10.0 Å². The third kappa shape index (κ3) is 8.87. The van der Waals surface area contributed by atoms with Gasteiger partial charge in [0.2, 0.25) is 15.9 Å². The highest BCUT2D eigenvalue weighted by Gasteiger charge is 2.26. The molecule has 34 heavy (non-hydrogen) atoms. The molecule has 1 amide bonds. The molecule has 2 aromatic carbocycles. The number of aryl methyl sites for hydroxylation is 1. The number of benzene rings is 2. The van der Waals surface area contributed by atoms with Crippen molar-refractivity contribution in [3.05, 3.63) is 53.6 Å². The Morgan fingerprint density at radius 2 is 1.76 bits per heavy atom. The number of amides is 1. The van der Waals surface area contributed by atoms with E-state index in [1.165, 1.54) is 6.92 Å². The SMILES string of the molecule is CCS(=O)(=O)N[C@H](C(=O)NCCc1ccc(OCCOc2cccc(C)c2)c(OC)c1)C(C)C. The molecule has 1 atom stereocenters. The predicted octanol–water partition coefficient (Wildman–Crippen LogP) is 3.08. The van der Waals surface area contributed by atoms with Gasteiger partial charge in [-0.05, 0) is 61.6 Å². The van der Waals surface area contributed by atoms with Crippen LogP contribution in [-0.4, -0.2) is 53.0 Å². The fourth-order valence-electron chi connectivity index (χ4n) is 3.21. The van der Waals surface area contributed by atoms with Gasteiger partial charge in [-0.3, -0.25) is 4.79 Å². The number of carbonyl (C=O) groups is 1. The van der Waals surface area contributed by atoms with Gasteiger partial charge in [-0.1, -0.05) is 32.0 Å². The smallest absolute Gasteiger partial charge is 0.238 e. The molecule has 0 radical (unpaired) electrons. The zero-order valence-corrected chi connectivity index (χ0v) is 21.4. The van der Waals surface area contributed by atoms with E-state index in [1.807, 2.05) is 49.4 Å². The standard InChI is InChI=1S/C25H36N2O6S/c1-6-34(29,30)27-24(18(2)3)25(28)26-13-12-20-10-11-22(23(17-20)31-5)33-15-14-32-21-9-7-8-19(4)16-21/h7-11,16-18,24,27H,6,12-15H2,1-5H3,(H,26,28)/t24-/m0/s1. The second-order valence-corrected chi connectivity index (χ2v) is 10.3. The van der Waals surface area contributed by atoms with Crippen molar-refractivity contribution < 1.29 is 27.4 Å². The van der Waals surface area contributed by atoms with E-state index in [0.29, 0.717) is 37.7 Å². The first-order valence-electron chi connectivity index (χ1n) is 11.4. The molecule has 0 saturated carbocycles. The van der Waals surface area contributed by atoms with Crippen LogP contribution in [0.25, 0.3) is 0 Å². The van der Waals surface area contributed by atoms with E-state index in [1.54, 1.807) is 21.0 Å². The first kappa shape index (κ1) is 27.5. The molecule has 9 heteroatoms. The van der Waals surface area contributed by atoms with Gasteiger partial charge in [-0.2, -0.15) is 0 Å². The van der Waals surface area contributed by atoms with Crippen LogP contribution in [0.2, 0.25) is 0 Å². The Bertz CT molecular complexity index is 1040. The number of ether oxygens (including phenoxy) is 3. The topological polar surface area (TPSA) is 103 Å². The zero-order chi connectivity index (χ0) is 25.1. The lowest BCUT2D eigenvalue weighted by Crippen LogP contribution is -2.50. The fraction of sp³-hybridized carbons (Fsp3) is 0.480. The lowest BCUT2D eigenvalue weighted by atomic mass is 10.0. The van der Waals surface area contributed by atoms with Crippen molar-refractivity contribution in [3.63, 3.8) is 0 Å². The van der Waals surface area contributed by atoms with Crippen LogP contribution in [0.15, 0.2) is 42.5 Å². The van der Waals surface area contributed by atoms with Crippen LogP contribution in [0.4, 0.5) is 0 Å². The first-order valence-corrected chi connectivity index (χ1v) is 13.1. The Labute approximate surface area is 203 Å². The van der Waals surface area contributed by atoms with Crippen LogP contribution >= 0.6 is 0 Å². The number of methoxy groups -OCH3 is 1. The highest BCUT2D eigenvalue weighted by Crippen LogP contribution is 2.28. The van der Waals surface area contributed by atoms with E-state index in [-0.39, 0.29) is 17.6 Å². The minimum Gasteiger partial charge on any atom is -0.493 e. The van der Waals surface area contributed by atoms with Crippen LogP contribution < -0.4 is 24.2 Å². The third-order valence-corrected chi connectivity index (χ3v) is 6.55. The first-order chi connectivity index (χ1) is 16.1. The van der Waals surface area contributed by atoms with Gasteiger partial charge in [0.25, 0.3) is 0 Å². The zero-order valence-electron chi connectivity index (χ0n) is 20.6. The lowest BCUT2D eigenvalue weighted by Gasteiger charge is -2.21. The molecule has 2 aromatic rings. The van der Waals surface area contributed by atoms with Crippen LogP contribution in [-0.2, 0) is 21.2 Å². The summed E-state index contributed by atoms with van der Waals surface area (Å²) in [5, 5.41) is 2.82. The summed E-state index contributed by atoms with van der Waals surface area (Å²) in [7, 11) is -1.90. The average molecular weight is 493 g/mol. The molecule has 0 aliphatic carbocycles. The summed E-state index contributed by atoms with van der Waals surface area (Å²) in [6.07, 6.45) is 0.560. The van der Waals surface area contributed by atoms with Crippen molar-refractivity contribution >= 4 is 15.9 Å². The molecule has 0 aliphatic rings. The molecule has 8 nitrogen and oxygen atoms in total. The quantitative estimate of drug-likeness (QED) is 0.393. The van der Waals surface area contributed by atoms with Crippen molar-refractivity contribution in [2.75, 3.05) is 32.6 Å². The minimum absolute atomic E-state index is 0.0736. The number of hydrogen-bond acceptors (Lipinski definition) is 6. The molecule has 0 aromatic heterocycles. The monoisotopic (exact) mass is 492 g/mol. The predicted molar refractivity (Wildman–Crippen MR) is 133 cm³/mol. The summed E-state index contributed by atoms with van der Waals surface area (Å²) in [5.41, 5.74) is 2.09. The van der Waals surface area contributed by atoms with Gasteiger partial charge in [-0.25, -0.2) is 13.1 Å². The van der Waals surface area contributed by atoms with Crippen molar-refractivity contribution in [2.24, 2.45) is 5.92 Å². The molecule has 2 rings (SSSR count). The van der Waals surface area contributed by atoms with Gasteiger partial charge >= 0.3 is 0 Å². The van der Waals surface area contributed by atoms with Crippen molar-refractivity contribution in [2.45, 2.75) is 40.2 Å². The molecular weight excluding hydrogens is 456 g/mol. The molecule has 0 aliphatic heterocycles. The largest absolute Gasteiger partial charge is 0.493 e. The number of nitrogens with one attached hydrogen (secondary N) is 2. The summed E-state index contributed by atoms with van der Waals surface area (Å²) in [6.45, 7) is 8.29. The van der Waals surface area contributed by atoms with E-state index in [4.69, 9.17) is 14.2 Å². The molecule has 0 spiro atoms. The molecule has 2 N–H and O–H groups in total. The normalized spacial score (nSPS) is 12.3. The second kappa shape index (κ2) is 13.2. The minimum atomic E-state index is -3.48. The Kier molecular flexibility index (Phi) is 10.7. The number of sulfonamides is 1. The van der Waals surface area contributed by atoms with E-state index in [2.05, 4.69) is 10.0 Å². The molecule has 188 valence electrons. The maximum atomic E-state index is 12.5. The van der Waals surface area contributed by atoms with Gasteiger partial charge in [0.1, 0.15) is 25.0 Å². The summed E-state index contributed by atoms with van der Waals surface area (Å²) >= 11 is 0. The van der Waals surface area contributed by atoms with Gasteiger partial charge in [0, 0.05) is 6.54 Å². The maximum absolute atomic E-state index is 12.5. The summed E-state index contributed by atoms with van der Waals surface area (Å²) < 4.78 is 43.2. The van der Waals surface area contributed by atoms with E-state index in [9.17, 15) is 13.2 Å². The fourth-order valence-corrected chi connectivity index (χ4v) is 4.14. The van der Waals surface area contributed by atoms with Crippen LogP contribution in [0.5, 0.6) is 17.2 Å². The Hall–Kier alpha value is -2.78. The lowest BCUT2D eigenvalue weighted by molar-refractivity contribution is -0.123. The molecule has 0 bridgehead atoms. The molecule has 0 heterocycles. The molecule has 0 saturated heterocycles. The van der Waals surface area contributed by atoms with Crippen LogP contribution in [0.1, 0.15) is 31.9 Å². The van der Waals surface area contributed by atoms with Crippen molar-refractivity contribution in [3.8, 4) is 17.2 Å². The molecule has 0 fully saturated rings. The summed E-state index contributed by atoms with van der Waals surface area (Å²) in [6, 6.07) is 12.6. The highest BCUT2D eigenvalue weighted by molar-refractivity contribution is 7.89. The Balaban J connectivity index is 1.85. The second-order valence-electron chi connectivity index (χ2n) is 8.28. The number of rotatable bonds is 14. The van der Waals surface area contributed by atoms with E-state index < -0.39 is 16.1 Å². The number of hydrogen-bond donors (Lipinski definition) is 2. The average Bonchev–Trinajstić information content (AvgIpc) is 2.80. The molecule has 0 unspecified atom stereocenters. The maximum Gasteiger partial charge on any atom is 0.238 e. The number of carbonyl (C=O) groups excluding carboxylic acids is 1. The highest BCUT2D eigenvalue weighted by atomic mass is 32.2. The Morgan fingerprint density at radius 1 is 1.03 bits per heavy atom. The third-order valence-electron chi connectivity index (χ3n) is 5.18. The van der Waals surface area contributed by atoms with Gasteiger partial charge in [-0.15, -0.1) is 0 Å². The van der Waals surface area contributed by atoms with Gasteiger partial charge in [0.05, 0.1) is 12.9 Å².